The Bertz CT molecular complexity index is 665. The molecule has 2 aromatic rings. The predicted octanol–water partition coefficient (Wildman–Crippen LogP) is 2.93. The number of nitrogens with one attached hydrogen (secondary N) is 1. The molecule has 0 saturated carbocycles. The fourth-order valence-corrected chi connectivity index (χ4v) is 2.88. The highest BCUT2D eigenvalue weighted by Gasteiger charge is 2.12. The minimum Gasteiger partial charge on any atom is -0.451 e. The maximum atomic E-state index is 12.1. The first kappa shape index (κ1) is 16.3. The number of ether oxygens (including phenoxy) is 1. The van der Waals surface area contributed by atoms with E-state index in [1.807, 2.05) is 0 Å². The Labute approximate surface area is 140 Å². The van der Waals surface area contributed by atoms with Gasteiger partial charge in [-0.05, 0) is 43.7 Å². The molecule has 1 aliphatic heterocycles. The molecule has 1 aromatic carbocycles. The number of rotatable bonds is 6. The van der Waals surface area contributed by atoms with E-state index in [1.54, 1.807) is 24.3 Å². The molecule has 1 saturated heterocycles. The van der Waals surface area contributed by atoms with Gasteiger partial charge in [-0.2, -0.15) is 0 Å². The van der Waals surface area contributed by atoms with Crippen molar-refractivity contribution in [1.82, 2.24) is 10.2 Å². The number of fused-ring (bicyclic) bond motifs is 1. The second-order valence-electron chi connectivity index (χ2n) is 5.71. The van der Waals surface area contributed by atoms with Gasteiger partial charge in [-0.1, -0.05) is 11.6 Å². The van der Waals surface area contributed by atoms with Gasteiger partial charge in [-0.15, -0.1) is 0 Å². The second kappa shape index (κ2) is 7.81. The third-order valence-electron chi connectivity index (χ3n) is 3.99. The highest BCUT2D eigenvalue weighted by Crippen LogP contribution is 2.22. The van der Waals surface area contributed by atoms with Crippen LogP contribution in [0.25, 0.3) is 11.0 Å². The van der Waals surface area contributed by atoms with Crippen LogP contribution in [-0.4, -0.2) is 50.2 Å². The molecule has 1 fully saturated rings. The van der Waals surface area contributed by atoms with Gasteiger partial charge in [0.2, 0.25) is 0 Å². The summed E-state index contributed by atoms with van der Waals surface area (Å²) in [6.07, 6.45) is 2.02. The monoisotopic (exact) mass is 336 g/mol. The summed E-state index contributed by atoms with van der Waals surface area (Å²) < 4.78 is 10.9. The largest absolute Gasteiger partial charge is 0.451 e. The summed E-state index contributed by atoms with van der Waals surface area (Å²) in [5.41, 5.74) is 0.673. The number of nitrogens with zero attached hydrogens (tertiary/aromatic N) is 1. The Balaban J connectivity index is 1.41. The molecule has 124 valence electrons. The molecular formula is C17H21ClN2O3. The van der Waals surface area contributed by atoms with Gasteiger partial charge >= 0.3 is 0 Å². The average molecular weight is 337 g/mol. The van der Waals surface area contributed by atoms with Crippen molar-refractivity contribution in [2.24, 2.45) is 0 Å². The average Bonchev–Trinajstić information content (AvgIpc) is 2.98. The second-order valence-corrected chi connectivity index (χ2v) is 6.15. The van der Waals surface area contributed by atoms with Crippen molar-refractivity contribution in [2.45, 2.75) is 12.8 Å². The standard InChI is InChI=1S/C17H21ClN2O3/c18-14-3-4-15-13(11-14)12-16(23-15)17(21)19-5-1-2-6-20-7-9-22-10-8-20/h3-4,11-12H,1-2,5-10H2,(H,19,21). The zero-order chi connectivity index (χ0) is 16.1. The molecule has 2 heterocycles. The lowest BCUT2D eigenvalue weighted by atomic mass is 10.2. The Morgan fingerprint density at radius 3 is 2.87 bits per heavy atom. The number of amides is 1. The van der Waals surface area contributed by atoms with E-state index < -0.39 is 0 Å². The fourth-order valence-electron chi connectivity index (χ4n) is 2.70. The first-order valence-corrected chi connectivity index (χ1v) is 8.37. The topological polar surface area (TPSA) is 54.7 Å². The van der Waals surface area contributed by atoms with E-state index in [0.29, 0.717) is 22.9 Å². The van der Waals surface area contributed by atoms with E-state index in [-0.39, 0.29) is 5.91 Å². The third kappa shape index (κ3) is 4.47. The van der Waals surface area contributed by atoms with Gasteiger partial charge < -0.3 is 14.5 Å². The Morgan fingerprint density at radius 1 is 1.22 bits per heavy atom. The summed E-state index contributed by atoms with van der Waals surface area (Å²) in [5.74, 6) is 0.152. The van der Waals surface area contributed by atoms with Gasteiger partial charge in [0.25, 0.3) is 5.91 Å². The van der Waals surface area contributed by atoms with Gasteiger partial charge in [-0.25, -0.2) is 0 Å². The minimum atomic E-state index is -0.177. The van der Waals surface area contributed by atoms with Gasteiger partial charge in [0.05, 0.1) is 13.2 Å². The quantitative estimate of drug-likeness (QED) is 0.824. The van der Waals surface area contributed by atoms with Crippen LogP contribution in [0.5, 0.6) is 0 Å². The van der Waals surface area contributed by atoms with Crippen LogP contribution < -0.4 is 5.32 Å². The van der Waals surface area contributed by atoms with Crippen molar-refractivity contribution in [2.75, 3.05) is 39.4 Å². The number of unbranched alkanes of at least 4 members (excludes halogenated alkanes) is 1. The fraction of sp³-hybridized carbons (Fsp3) is 0.471. The molecule has 1 aliphatic rings. The van der Waals surface area contributed by atoms with Crippen LogP contribution in [0.3, 0.4) is 0 Å². The normalized spacial score (nSPS) is 15.9. The zero-order valence-corrected chi connectivity index (χ0v) is 13.8. The number of hydrogen-bond donors (Lipinski definition) is 1. The molecule has 1 aromatic heterocycles. The van der Waals surface area contributed by atoms with E-state index in [9.17, 15) is 4.79 Å². The van der Waals surface area contributed by atoms with Crippen LogP contribution in [0.4, 0.5) is 0 Å². The Kier molecular flexibility index (Phi) is 5.54. The van der Waals surface area contributed by atoms with E-state index in [4.69, 9.17) is 20.8 Å². The Morgan fingerprint density at radius 2 is 2.04 bits per heavy atom. The van der Waals surface area contributed by atoms with E-state index >= 15 is 0 Å². The van der Waals surface area contributed by atoms with Gasteiger partial charge in [0.1, 0.15) is 5.58 Å². The van der Waals surface area contributed by atoms with Gasteiger partial charge in [0.15, 0.2) is 5.76 Å². The molecule has 6 heteroatoms. The van der Waals surface area contributed by atoms with Crippen LogP contribution >= 0.6 is 11.6 Å². The molecule has 0 atom stereocenters. The maximum Gasteiger partial charge on any atom is 0.287 e. The summed E-state index contributed by atoms with van der Waals surface area (Å²) in [6, 6.07) is 7.04. The van der Waals surface area contributed by atoms with E-state index in [2.05, 4.69) is 10.2 Å². The molecule has 0 spiro atoms. The molecule has 0 bridgehead atoms. The van der Waals surface area contributed by atoms with Gasteiger partial charge in [-0.3, -0.25) is 9.69 Å². The summed E-state index contributed by atoms with van der Waals surface area (Å²) >= 11 is 5.94. The highest BCUT2D eigenvalue weighted by atomic mass is 35.5. The molecule has 5 nitrogen and oxygen atoms in total. The summed E-state index contributed by atoms with van der Waals surface area (Å²) in [4.78, 5) is 14.5. The summed E-state index contributed by atoms with van der Waals surface area (Å²) in [5, 5.41) is 4.38. The Hall–Kier alpha value is -1.56. The molecule has 1 amide bonds. The minimum absolute atomic E-state index is 0.177. The zero-order valence-electron chi connectivity index (χ0n) is 13.0. The van der Waals surface area contributed by atoms with E-state index in [1.165, 1.54) is 0 Å². The molecule has 23 heavy (non-hydrogen) atoms. The van der Waals surface area contributed by atoms with Crippen molar-refractivity contribution >= 4 is 28.5 Å². The van der Waals surface area contributed by atoms with Crippen LogP contribution in [-0.2, 0) is 4.74 Å². The predicted molar refractivity (Wildman–Crippen MR) is 90.1 cm³/mol. The molecule has 0 radical (unpaired) electrons. The number of halogens is 1. The molecular weight excluding hydrogens is 316 g/mol. The van der Waals surface area contributed by atoms with E-state index in [0.717, 1.165) is 51.1 Å². The SMILES string of the molecule is O=C(NCCCCN1CCOCC1)c1cc2cc(Cl)ccc2o1. The lowest BCUT2D eigenvalue weighted by molar-refractivity contribution is 0.0372. The van der Waals surface area contributed by atoms with Crippen molar-refractivity contribution in [3.63, 3.8) is 0 Å². The van der Waals surface area contributed by atoms with Crippen LogP contribution in [0.2, 0.25) is 5.02 Å². The smallest absolute Gasteiger partial charge is 0.287 e. The van der Waals surface area contributed by atoms with Gasteiger partial charge in [0, 0.05) is 30.0 Å². The lowest BCUT2D eigenvalue weighted by Gasteiger charge is -2.26. The van der Waals surface area contributed by atoms with Crippen LogP contribution in [0.1, 0.15) is 23.4 Å². The first-order valence-electron chi connectivity index (χ1n) is 8.00. The molecule has 3 rings (SSSR count). The lowest BCUT2D eigenvalue weighted by Crippen LogP contribution is -2.37. The summed E-state index contributed by atoms with van der Waals surface area (Å²) in [7, 11) is 0. The molecule has 1 N–H and O–H groups in total. The number of carbonyl (C=O) groups is 1. The van der Waals surface area contributed by atoms with Crippen molar-refractivity contribution in [3.8, 4) is 0 Å². The third-order valence-corrected chi connectivity index (χ3v) is 4.23. The van der Waals surface area contributed by atoms with Crippen LogP contribution in [0.15, 0.2) is 28.7 Å². The number of furan rings is 1. The van der Waals surface area contributed by atoms with Crippen molar-refractivity contribution < 1.29 is 13.9 Å². The highest BCUT2D eigenvalue weighted by molar-refractivity contribution is 6.31. The number of carbonyl (C=O) groups excluding carboxylic acids is 1. The maximum absolute atomic E-state index is 12.1. The first-order chi connectivity index (χ1) is 11.2. The number of morpholine rings is 1. The number of hydrogen-bond acceptors (Lipinski definition) is 4. The van der Waals surface area contributed by atoms with Crippen LogP contribution in [0, 0.1) is 0 Å². The number of benzene rings is 1. The summed E-state index contributed by atoms with van der Waals surface area (Å²) in [6.45, 7) is 5.38. The van der Waals surface area contributed by atoms with Crippen molar-refractivity contribution in [1.29, 1.82) is 0 Å². The molecule has 0 unspecified atom stereocenters. The molecule has 0 aliphatic carbocycles. The van der Waals surface area contributed by atoms with Crippen molar-refractivity contribution in [3.05, 3.63) is 35.0 Å².